The lowest BCUT2D eigenvalue weighted by Gasteiger charge is -2.22. The number of rotatable bonds is 5. The van der Waals surface area contributed by atoms with Gasteiger partial charge < -0.3 is 11.1 Å². The van der Waals surface area contributed by atoms with E-state index >= 15 is 0 Å². The highest BCUT2D eigenvalue weighted by molar-refractivity contribution is 4.90. The number of nitrogens with one attached hydrogen (secondary N) is 1. The fraction of sp³-hybridized carbons (Fsp3) is 0.818. The first-order valence-electron chi connectivity index (χ1n) is 6.21. The molecule has 1 saturated carbocycles. The number of hydrogen-bond donors (Lipinski definition) is 2. The van der Waals surface area contributed by atoms with Gasteiger partial charge in [-0.15, -0.1) is 5.10 Å². The predicted octanol–water partition coefficient (Wildman–Crippen LogP) is 0.659. The van der Waals surface area contributed by atoms with Gasteiger partial charge in [0, 0.05) is 25.3 Å². The first-order valence-corrected chi connectivity index (χ1v) is 6.21. The summed E-state index contributed by atoms with van der Waals surface area (Å²) in [6.45, 7) is 2.32. The van der Waals surface area contributed by atoms with Crippen LogP contribution in [0.25, 0.3) is 0 Å². The van der Waals surface area contributed by atoms with Crippen LogP contribution in [0.5, 0.6) is 0 Å². The van der Waals surface area contributed by atoms with Gasteiger partial charge in [0.2, 0.25) is 0 Å². The quantitative estimate of drug-likeness (QED) is 0.769. The van der Waals surface area contributed by atoms with Gasteiger partial charge in [-0.3, -0.25) is 4.68 Å². The van der Waals surface area contributed by atoms with Gasteiger partial charge in [0.05, 0.1) is 12.2 Å². The van der Waals surface area contributed by atoms with E-state index in [0.717, 1.165) is 18.8 Å². The third-order valence-corrected chi connectivity index (χ3v) is 3.17. The molecule has 5 nitrogen and oxygen atoms in total. The minimum absolute atomic E-state index is 0.468. The molecule has 3 N–H and O–H groups in total. The van der Waals surface area contributed by atoms with Crippen LogP contribution in [-0.4, -0.2) is 27.6 Å². The van der Waals surface area contributed by atoms with E-state index in [2.05, 4.69) is 15.6 Å². The molecule has 0 radical (unpaired) electrons. The monoisotopic (exact) mass is 223 g/mol. The van der Waals surface area contributed by atoms with Gasteiger partial charge in [0.15, 0.2) is 0 Å². The lowest BCUT2D eigenvalue weighted by atomic mass is 9.95. The van der Waals surface area contributed by atoms with Gasteiger partial charge in [-0.2, -0.15) is 0 Å². The van der Waals surface area contributed by atoms with E-state index < -0.39 is 0 Å². The molecule has 0 aromatic carbocycles. The second kappa shape index (κ2) is 5.96. The average Bonchev–Trinajstić information content (AvgIpc) is 2.78. The van der Waals surface area contributed by atoms with E-state index in [4.69, 9.17) is 5.73 Å². The average molecular weight is 223 g/mol. The fourth-order valence-corrected chi connectivity index (χ4v) is 2.23. The van der Waals surface area contributed by atoms with Gasteiger partial charge in [-0.05, 0) is 12.8 Å². The van der Waals surface area contributed by atoms with E-state index in [0.29, 0.717) is 12.6 Å². The van der Waals surface area contributed by atoms with Crippen LogP contribution in [0.4, 0.5) is 0 Å². The summed E-state index contributed by atoms with van der Waals surface area (Å²) in [6, 6.07) is 0.714. The SMILES string of the molecule is NCc1cn(CCNC2CCCCC2)nn1. The Morgan fingerprint density at radius 3 is 2.88 bits per heavy atom. The van der Waals surface area contributed by atoms with Crippen molar-refractivity contribution in [2.75, 3.05) is 6.54 Å². The lowest BCUT2D eigenvalue weighted by Crippen LogP contribution is -2.33. The van der Waals surface area contributed by atoms with Crippen molar-refractivity contribution in [1.29, 1.82) is 0 Å². The Kier molecular flexibility index (Phi) is 4.30. The molecule has 1 fully saturated rings. The third-order valence-electron chi connectivity index (χ3n) is 3.17. The van der Waals surface area contributed by atoms with Crippen molar-refractivity contribution in [2.45, 2.75) is 51.2 Å². The molecule has 0 saturated heterocycles. The fourth-order valence-electron chi connectivity index (χ4n) is 2.23. The number of nitrogens with zero attached hydrogens (tertiary/aromatic N) is 3. The second-order valence-corrected chi connectivity index (χ2v) is 4.47. The number of nitrogens with two attached hydrogens (primary N) is 1. The Bertz CT molecular complexity index is 303. The van der Waals surface area contributed by atoms with Crippen LogP contribution < -0.4 is 11.1 Å². The third kappa shape index (κ3) is 3.28. The van der Waals surface area contributed by atoms with Crippen molar-refractivity contribution in [2.24, 2.45) is 5.73 Å². The van der Waals surface area contributed by atoms with Crippen LogP contribution in [0, 0.1) is 0 Å². The summed E-state index contributed by atoms with van der Waals surface area (Å²) in [5.41, 5.74) is 6.34. The molecule has 1 aromatic heterocycles. The van der Waals surface area contributed by atoms with Crippen LogP contribution in [0.15, 0.2) is 6.20 Å². The highest BCUT2D eigenvalue weighted by Crippen LogP contribution is 2.16. The Morgan fingerprint density at radius 1 is 1.38 bits per heavy atom. The highest BCUT2D eigenvalue weighted by atomic mass is 15.4. The molecule has 5 heteroatoms. The van der Waals surface area contributed by atoms with Gasteiger partial charge in [0.1, 0.15) is 0 Å². The van der Waals surface area contributed by atoms with Crippen molar-refractivity contribution in [3.8, 4) is 0 Å². The van der Waals surface area contributed by atoms with Crippen LogP contribution >= 0.6 is 0 Å². The standard InChI is InChI=1S/C11H21N5/c12-8-11-9-16(15-14-11)7-6-13-10-4-2-1-3-5-10/h9-10,13H,1-8,12H2. The summed E-state index contributed by atoms with van der Waals surface area (Å²) >= 11 is 0. The summed E-state index contributed by atoms with van der Waals surface area (Å²) in [4.78, 5) is 0. The van der Waals surface area contributed by atoms with Crippen molar-refractivity contribution in [1.82, 2.24) is 20.3 Å². The topological polar surface area (TPSA) is 68.8 Å². The maximum absolute atomic E-state index is 5.48. The molecule has 1 aromatic rings. The summed E-state index contributed by atoms with van der Waals surface area (Å²) in [5, 5.41) is 11.6. The minimum Gasteiger partial charge on any atom is -0.325 e. The molecule has 90 valence electrons. The molecule has 1 aliphatic carbocycles. The Balaban J connectivity index is 1.66. The highest BCUT2D eigenvalue weighted by Gasteiger charge is 2.11. The van der Waals surface area contributed by atoms with Crippen molar-refractivity contribution in [3.63, 3.8) is 0 Å². The van der Waals surface area contributed by atoms with Gasteiger partial charge in [-0.25, -0.2) is 0 Å². The van der Waals surface area contributed by atoms with E-state index in [9.17, 15) is 0 Å². The zero-order valence-corrected chi connectivity index (χ0v) is 9.73. The maximum Gasteiger partial charge on any atom is 0.0962 e. The normalized spacial score (nSPS) is 17.8. The Labute approximate surface area is 96.4 Å². The summed E-state index contributed by atoms with van der Waals surface area (Å²) in [7, 11) is 0. The van der Waals surface area contributed by atoms with Crippen LogP contribution in [0.3, 0.4) is 0 Å². The van der Waals surface area contributed by atoms with Crippen molar-refractivity contribution < 1.29 is 0 Å². The van der Waals surface area contributed by atoms with Gasteiger partial charge >= 0.3 is 0 Å². The predicted molar refractivity (Wildman–Crippen MR) is 62.8 cm³/mol. The van der Waals surface area contributed by atoms with Crippen LogP contribution in [-0.2, 0) is 13.1 Å². The molecule has 1 aliphatic rings. The van der Waals surface area contributed by atoms with Crippen molar-refractivity contribution in [3.05, 3.63) is 11.9 Å². The zero-order valence-electron chi connectivity index (χ0n) is 9.73. The minimum atomic E-state index is 0.468. The molecule has 0 unspecified atom stereocenters. The largest absolute Gasteiger partial charge is 0.325 e. The van der Waals surface area contributed by atoms with E-state index in [1.165, 1.54) is 32.1 Å². The molecule has 1 heterocycles. The molecule has 0 aliphatic heterocycles. The summed E-state index contributed by atoms with van der Waals surface area (Å²) in [6.07, 6.45) is 8.72. The molecular weight excluding hydrogens is 202 g/mol. The van der Waals surface area contributed by atoms with Gasteiger partial charge in [0.25, 0.3) is 0 Å². The Hall–Kier alpha value is -0.940. The second-order valence-electron chi connectivity index (χ2n) is 4.47. The smallest absolute Gasteiger partial charge is 0.0962 e. The first-order chi connectivity index (χ1) is 7.88. The number of aromatic nitrogens is 3. The molecule has 0 amide bonds. The van der Waals surface area contributed by atoms with Gasteiger partial charge in [-0.1, -0.05) is 24.5 Å². The molecular formula is C11H21N5. The maximum atomic E-state index is 5.48. The zero-order chi connectivity index (χ0) is 11.2. The molecule has 0 atom stereocenters. The molecule has 0 spiro atoms. The molecule has 16 heavy (non-hydrogen) atoms. The van der Waals surface area contributed by atoms with E-state index in [-0.39, 0.29) is 0 Å². The van der Waals surface area contributed by atoms with Crippen molar-refractivity contribution >= 4 is 0 Å². The molecule has 2 rings (SSSR count). The van der Waals surface area contributed by atoms with Crippen LogP contribution in [0.2, 0.25) is 0 Å². The summed E-state index contributed by atoms with van der Waals surface area (Å²) < 4.78 is 1.86. The lowest BCUT2D eigenvalue weighted by molar-refractivity contribution is 0.364. The van der Waals surface area contributed by atoms with E-state index in [1.807, 2.05) is 10.9 Å². The Morgan fingerprint density at radius 2 is 2.19 bits per heavy atom. The first kappa shape index (κ1) is 11.5. The van der Waals surface area contributed by atoms with Crippen LogP contribution in [0.1, 0.15) is 37.8 Å². The summed E-state index contributed by atoms with van der Waals surface area (Å²) in [5.74, 6) is 0. The van der Waals surface area contributed by atoms with E-state index in [1.54, 1.807) is 0 Å². The number of hydrogen-bond acceptors (Lipinski definition) is 4. The molecule has 0 bridgehead atoms.